The highest BCUT2D eigenvalue weighted by Gasteiger charge is 2.22. The highest BCUT2D eigenvalue weighted by molar-refractivity contribution is 7.99. The van der Waals surface area contributed by atoms with Crippen LogP contribution in [0.15, 0.2) is 9.32 Å². The fourth-order valence-corrected chi connectivity index (χ4v) is 1.99. The Morgan fingerprint density at radius 3 is 3.08 bits per heavy atom. The van der Waals surface area contributed by atoms with Gasteiger partial charge in [0, 0.05) is 12.3 Å². The summed E-state index contributed by atoms with van der Waals surface area (Å²) >= 11 is 1.67. The maximum Gasteiger partial charge on any atom is 0.439 e. The highest BCUT2D eigenvalue weighted by Crippen LogP contribution is 2.14. The average molecular weight is 201 g/mol. The monoisotopic (exact) mass is 201 g/mol. The van der Waals surface area contributed by atoms with Gasteiger partial charge in [-0.05, 0) is 5.16 Å². The lowest BCUT2D eigenvalue weighted by atomic mass is 10.5. The number of hydrogen-bond donors (Lipinski definition) is 1. The molecule has 13 heavy (non-hydrogen) atoms. The second-order valence-corrected chi connectivity index (χ2v) is 3.62. The van der Waals surface area contributed by atoms with Crippen LogP contribution in [0.4, 0.5) is 0 Å². The summed E-state index contributed by atoms with van der Waals surface area (Å²) in [6.07, 6.45) is 0. The molecule has 7 heteroatoms. The molecule has 1 saturated heterocycles. The molecule has 2 rings (SSSR count). The van der Waals surface area contributed by atoms with Gasteiger partial charge in [-0.2, -0.15) is 0 Å². The van der Waals surface area contributed by atoms with E-state index in [0.717, 1.165) is 5.75 Å². The summed E-state index contributed by atoms with van der Waals surface area (Å²) in [6, 6.07) is 0. The molecule has 0 radical (unpaired) electrons. The molecule has 2 heterocycles. The largest absolute Gasteiger partial charge is 0.439 e. The van der Waals surface area contributed by atoms with Crippen molar-refractivity contribution in [2.24, 2.45) is 0 Å². The highest BCUT2D eigenvalue weighted by atomic mass is 32.2. The van der Waals surface area contributed by atoms with E-state index in [1.54, 1.807) is 16.7 Å². The molecule has 1 aliphatic rings. The van der Waals surface area contributed by atoms with Crippen molar-refractivity contribution in [1.29, 1.82) is 0 Å². The van der Waals surface area contributed by atoms with Gasteiger partial charge in [-0.3, -0.25) is 14.3 Å². The fraction of sp³-hybridized carbons (Fsp3) is 0.500. The number of amides is 1. The first-order valence-corrected chi connectivity index (χ1v) is 4.86. The lowest BCUT2D eigenvalue weighted by Crippen LogP contribution is -2.29. The molecule has 1 fully saturated rings. The van der Waals surface area contributed by atoms with Gasteiger partial charge in [0.2, 0.25) is 5.82 Å². The summed E-state index contributed by atoms with van der Waals surface area (Å²) < 4.78 is 4.23. The van der Waals surface area contributed by atoms with Gasteiger partial charge in [-0.25, -0.2) is 4.79 Å². The number of nitrogens with zero attached hydrogens (tertiary/aromatic N) is 2. The molecule has 0 unspecified atom stereocenters. The molecule has 0 atom stereocenters. The number of carbonyl (C=O) groups excluding carboxylic acids is 1. The fourth-order valence-electron chi connectivity index (χ4n) is 1.05. The average Bonchev–Trinajstić information content (AvgIpc) is 2.72. The van der Waals surface area contributed by atoms with Crippen molar-refractivity contribution in [2.45, 2.75) is 0 Å². The van der Waals surface area contributed by atoms with E-state index in [-0.39, 0.29) is 11.7 Å². The Hall–Kier alpha value is -1.24. The zero-order valence-corrected chi connectivity index (χ0v) is 7.47. The van der Waals surface area contributed by atoms with Crippen LogP contribution in [0.25, 0.3) is 0 Å². The minimum Gasteiger partial charge on any atom is -0.326 e. The molecule has 0 aromatic carbocycles. The van der Waals surface area contributed by atoms with Crippen LogP contribution in [0.1, 0.15) is 10.6 Å². The minimum absolute atomic E-state index is 0.0208. The third kappa shape index (κ3) is 1.59. The van der Waals surface area contributed by atoms with Crippen LogP contribution in [-0.4, -0.2) is 39.1 Å². The van der Waals surface area contributed by atoms with Crippen LogP contribution in [-0.2, 0) is 0 Å². The van der Waals surface area contributed by atoms with Crippen LogP contribution in [0.5, 0.6) is 0 Å². The van der Waals surface area contributed by atoms with Crippen molar-refractivity contribution < 1.29 is 9.32 Å². The standard InChI is InChI=1S/C6H7N3O3S/c10-5(9-1-2-13-3-9)4-7-6(11)12-8-4/h1-3H2,(H,7,8,11). The molecule has 6 nitrogen and oxygen atoms in total. The Morgan fingerprint density at radius 1 is 1.69 bits per heavy atom. The number of H-pyrrole nitrogens is 1. The number of thioether (sulfide) groups is 1. The zero-order valence-electron chi connectivity index (χ0n) is 6.65. The molecular formula is C6H7N3O3S. The van der Waals surface area contributed by atoms with E-state index >= 15 is 0 Å². The van der Waals surface area contributed by atoms with Crippen molar-refractivity contribution in [3.63, 3.8) is 0 Å². The van der Waals surface area contributed by atoms with Gasteiger partial charge in [-0.15, -0.1) is 11.8 Å². The summed E-state index contributed by atoms with van der Waals surface area (Å²) in [5.41, 5.74) is 0. The predicted molar refractivity (Wildman–Crippen MR) is 45.5 cm³/mol. The number of carbonyl (C=O) groups is 1. The third-order valence-corrected chi connectivity index (χ3v) is 2.65. The quantitative estimate of drug-likeness (QED) is 0.663. The van der Waals surface area contributed by atoms with Crippen molar-refractivity contribution in [2.75, 3.05) is 18.2 Å². The number of rotatable bonds is 1. The van der Waals surface area contributed by atoms with Crippen molar-refractivity contribution in [3.05, 3.63) is 16.4 Å². The number of hydrogen-bond acceptors (Lipinski definition) is 5. The molecule has 0 bridgehead atoms. The Labute approximate surface area is 77.3 Å². The Bertz CT molecular complexity index is 365. The van der Waals surface area contributed by atoms with Crippen LogP contribution in [0.3, 0.4) is 0 Å². The summed E-state index contributed by atoms with van der Waals surface area (Å²) in [5.74, 6) is 0.570. The van der Waals surface area contributed by atoms with Crippen LogP contribution in [0.2, 0.25) is 0 Å². The minimum atomic E-state index is -0.699. The summed E-state index contributed by atoms with van der Waals surface area (Å²) in [4.78, 5) is 25.9. The third-order valence-electron chi connectivity index (χ3n) is 1.68. The van der Waals surface area contributed by atoms with Gasteiger partial charge in [0.15, 0.2) is 0 Å². The van der Waals surface area contributed by atoms with E-state index in [4.69, 9.17) is 0 Å². The second-order valence-electron chi connectivity index (χ2n) is 2.55. The van der Waals surface area contributed by atoms with E-state index in [9.17, 15) is 9.59 Å². The molecule has 70 valence electrons. The molecule has 1 N–H and O–H groups in total. The van der Waals surface area contributed by atoms with E-state index < -0.39 is 5.76 Å². The van der Waals surface area contributed by atoms with Gasteiger partial charge in [-0.1, -0.05) is 0 Å². The lowest BCUT2D eigenvalue weighted by Gasteiger charge is -2.10. The molecule has 0 aliphatic carbocycles. The molecule has 1 aromatic rings. The summed E-state index contributed by atoms with van der Waals surface area (Å²) in [6.45, 7) is 0.693. The summed E-state index contributed by atoms with van der Waals surface area (Å²) in [5, 5.41) is 3.32. The molecule has 1 aromatic heterocycles. The maximum atomic E-state index is 11.5. The van der Waals surface area contributed by atoms with Crippen molar-refractivity contribution in [1.82, 2.24) is 15.0 Å². The van der Waals surface area contributed by atoms with Crippen LogP contribution in [0, 0.1) is 0 Å². The molecule has 1 amide bonds. The first-order chi connectivity index (χ1) is 6.27. The first-order valence-electron chi connectivity index (χ1n) is 3.70. The van der Waals surface area contributed by atoms with Gasteiger partial charge in [0.25, 0.3) is 5.91 Å². The van der Waals surface area contributed by atoms with E-state index in [1.165, 1.54) is 0 Å². The van der Waals surface area contributed by atoms with Gasteiger partial charge >= 0.3 is 5.76 Å². The zero-order chi connectivity index (χ0) is 9.26. The molecule has 0 saturated carbocycles. The first kappa shape index (κ1) is 8.36. The van der Waals surface area contributed by atoms with Crippen LogP contribution >= 0.6 is 11.8 Å². The number of aromatic nitrogens is 2. The van der Waals surface area contributed by atoms with Gasteiger partial charge in [0.05, 0.1) is 5.88 Å². The van der Waals surface area contributed by atoms with Gasteiger partial charge < -0.3 is 4.90 Å². The summed E-state index contributed by atoms with van der Waals surface area (Å²) in [7, 11) is 0. The number of aromatic amines is 1. The van der Waals surface area contributed by atoms with E-state index in [1.807, 2.05) is 0 Å². The SMILES string of the molecule is O=C(c1noc(=O)[nH]1)N1CCSC1. The van der Waals surface area contributed by atoms with E-state index in [0.29, 0.717) is 12.4 Å². The molecular weight excluding hydrogens is 194 g/mol. The predicted octanol–water partition coefficient (Wildman–Crippen LogP) is -0.491. The van der Waals surface area contributed by atoms with Gasteiger partial charge in [0.1, 0.15) is 0 Å². The molecule has 0 spiro atoms. The van der Waals surface area contributed by atoms with Crippen molar-refractivity contribution in [3.8, 4) is 0 Å². The smallest absolute Gasteiger partial charge is 0.326 e. The van der Waals surface area contributed by atoms with Crippen molar-refractivity contribution >= 4 is 17.7 Å². The number of nitrogens with one attached hydrogen (secondary N) is 1. The van der Waals surface area contributed by atoms with E-state index in [2.05, 4.69) is 14.7 Å². The Morgan fingerprint density at radius 2 is 2.54 bits per heavy atom. The molecule has 1 aliphatic heterocycles. The van der Waals surface area contributed by atoms with Crippen LogP contribution < -0.4 is 5.76 Å². The normalized spacial score (nSPS) is 16.5. The lowest BCUT2D eigenvalue weighted by molar-refractivity contribution is 0.0787. The maximum absolute atomic E-state index is 11.5. The Kier molecular flexibility index (Phi) is 2.09. The topological polar surface area (TPSA) is 79.2 Å². The second kappa shape index (κ2) is 3.25. The Balaban J connectivity index is 2.16.